The summed E-state index contributed by atoms with van der Waals surface area (Å²) in [6, 6.07) is 11.6. The Morgan fingerprint density at radius 1 is 1.11 bits per heavy atom. The van der Waals surface area contributed by atoms with Crippen molar-refractivity contribution in [3.8, 4) is 11.5 Å². The quantitative estimate of drug-likeness (QED) is 0.697. The van der Waals surface area contributed by atoms with Gasteiger partial charge in [0.15, 0.2) is 11.5 Å². The van der Waals surface area contributed by atoms with Crippen molar-refractivity contribution >= 4 is 6.03 Å². The van der Waals surface area contributed by atoms with Gasteiger partial charge in [-0.2, -0.15) is 0 Å². The number of fused-ring (bicyclic) bond motifs is 1. The molecule has 27 heavy (non-hydrogen) atoms. The Balaban J connectivity index is 1.68. The zero-order chi connectivity index (χ0) is 19.1. The summed E-state index contributed by atoms with van der Waals surface area (Å²) in [5.74, 6) is 1.15. The topological polar surface area (TPSA) is 68.8 Å². The van der Waals surface area contributed by atoms with Crippen molar-refractivity contribution in [2.45, 2.75) is 18.9 Å². The van der Waals surface area contributed by atoms with Crippen molar-refractivity contribution in [1.82, 2.24) is 10.6 Å². The van der Waals surface area contributed by atoms with E-state index in [2.05, 4.69) is 10.6 Å². The van der Waals surface area contributed by atoms with E-state index >= 15 is 0 Å². The molecule has 0 unspecified atom stereocenters. The van der Waals surface area contributed by atoms with Crippen LogP contribution in [0, 0.1) is 5.82 Å². The van der Waals surface area contributed by atoms with Crippen LogP contribution < -0.4 is 20.1 Å². The van der Waals surface area contributed by atoms with Gasteiger partial charge < -0.3 is 24.8 Å². The number of hydrogen-bond donors (Lipinski definition) is 2. The molecule has 1 aliphatic rings. The summed E-state index contributed by atoms with van der Waals surface area (Å²) in [7, 11) is 1.58. The van der Waals surface area contributed by atoms with E-state index in [1.807, 2.05) is 18.2 Å². The summed E-state index contributed by atoms with van der Waals surface area (Å²) >= 11 is 0. The Morgan fingerprint density at radius 3 is 2.59 bits per heavy atom. The van der Waals surface area contributed by atoms with Crippen LogP contribution in [0.5, 0.6) is 11.5 Å². The highest BCUT2D eigenvalue weighted by Gasteiger charge is 2.17. The van der Waals surface area contributed by atoms with Crippen molar-refractivity contribution in [2.24, 2.45) is 0 Å². The molecule has 2 amide bonds. The van der Waals surface area contributed by atoms with E-state index < -0.39 is 0 Å². The molecular weight excluding hydrogens is 351 g/mol. The summed E-state index contributed by atoms with van der Waals surface area (Å²) in [5, 5.41) is 5.74. The van der Waals surface area contributed by atoms with Gasteiger partial charge >= 0.3 is 6.03 Å². The van der Waals surface area contributed by atoms with E-state index in [0.29, 0.717) is 31.7 Å². The second kappa shape index (κ2) is 9.23. The molecule has 2 N–H and O–H groups in total. The first-order valence-electron chi connectivity index (χ1n) is 8.80. The number of halogens is 1. The lowest BCUT2D eigenvalue weighted by atomic mass is 9.98. The van der Waals surface area contributed by atoms with Crippen LogP contribution in [-0.2, 0) is 17.6 Å². The molecule has 144 valence electrons. The van der Waals surface area contributed by atoms with Crippen LogP contribution in [0.3, 0.4) is 0 Å². The average Bonchev–Trinajstić information content (AvgIpc) is 3.11. The van der Waals surface area contributed by atoms with Gasteiger partial charge in [-0.25, -0.2) is 9.18 Å². The van der Waals surface area contributed by atoms with E-state index in [1.54, 1.807) is 19.2 Å². The summed E-state index contributed by atoms with van der Waals surface area (Å²) in [5.41, 5.74) is 1.96. The third kappa shape index (κ3) is 5.59. The van der Waals surface area contributed by atoms with Crippen LogP contribution in [0.2, 0.25) is 0 Å². The minimum atomic E-state index is -0.281. The van der Waals surface area contributed by atoms with E-state index in [1.165, 1.54) is 12.1 Å². The van der Waals surface area contributed by atoms with Crippen LogP contribution in [-0.4, -0.2) is 39.1 Å². The number of ether oxygens (including phenoxy) is 3. The number of nitrogens with one attached hydrogen (secondary N) is 2. The van der Waals surface area contributed by atoms with Crippen LogP contribution in [0.25, 0.3) is 0 Å². The summed E-state index contributed by atoms with van der Waals surface area (Å²) in [6.07, 6.45) is 1.18. The highest BCUT2D eigenvalue weighted by molar-refractivity contribution is 5.74. The first-order valence-corrected chi connectivity index (χ1v) is 8.80. The SMILES string of the molecule is COCCNC(=O)N[C@@H](Cc1ccc(F)cc1)Cc1ccc2c(c1)OCO2. The number of carbonyl (C=O) groups is 1. The molecule has 3 rings (SSSR count). The van der Waals surface area contributed by atoms with Crippen molar-refractivity contribution < 1.29 is 23.4 Å². The number of hydrogen-bond acceptors (Lipinski definition) is 4. The van der Waals surface area contributed by atoms with E-state index in [9.17, 15) is 9.18 Å². The van der Waals surface area contributed by atoms with Crippen LogP contribution in [0.15, 0.2) is 42.5 Å². The Morgan fingerprint density at radius 2 is 1.81 bits per heavy atom. The van der Waals surface area contributed by atoms with Gasteiger partial charge in [0.25, 0.3) is 0 Å². The predicted molar refractivity (Wildman–Crippen MR) is 98.6 cm³/mol. The number of methoxy groups -OCH3 is 1. The maximum Gasteiger partial charge on any atom is 0.315 e. The lowest BCUT2D eigenvalue weighted by Crippen LogP contribution is -2.45. The standard InChI is InChI=1S/C20H23FN2O4/c1-25-9-8-22-20(24)23-17(10-14-2-5-16(21)6-3-14)11-15-4-7-18-19(12-15)27-13-26-18/h2-7,12,17H,8-11,13H2,1H3,(H2,22,23,24)/t17-/m0/s1. The van der Waals surface area contributed by atoms with E-state index in [0.717, 1.165) is 16.9 Å². The molecule has 1 heterocycles. The van der Waals surface area contributed by atoms with E-state index in [4.69, 9.17) is 14.2 Å². The average molecular weight is 374 g/mol. The molecule has 0 fully saturated rings. The number of benzene rings is 2. The lowest BCUT2D eigenvalue weighted by molar-refractivity contribution is 0.174. The second-order valence-electron chi connectivity index (χ2n) is 6.31. The highest BCUT2D eigenvalue weighted by atomic mass is 19.1. The van der Waals surface area contributed by atoms with Gasteiger partial charge in [0.05, 0.1) is 6.61 Å². The van der Waals surface area contributed by atoms with Crippen molar-refractivity contribution in [3.63, 3.8) is 0 Å². The molecule has 0 radical (unpaired) electrons. The number of urea groups is 1. The molecule has 1 aliphatic heterocycles. The fourth-order valence-corrected chi connectivity index (χ4v) is 2.93. The highest BCUT2D eigenvalue weighted by Crippen LogP contribution is 2.32. The Kier molecular flexibility index (Phi) is 6.49. The fraction of sp³-hybridized carbons (Fsp3) is 0.350. The summed E-state index contributed by atoms with van der Waals surface area (Å²) < 4.78 is 28.9. The Hall–Kier alpha value is -2.80. The zero-order valence-corrected chi connectivity index (χ0v) is 15.2. The Labute approximate surface area is 157 Å². The fourth-order valence-electron chi connectivity index (χ4n) is 2.93. The van der Waals surface area contributed by atoms with Gasteiger partial charge in [-0.3, -0.25) is 0 Å². The molecule has 2 aromatic carbocycles. The number of amides is 2. The van der Waals surface area contributed by atoms with Gasteiger partial charge in [-0.1, -0.05) is 18.2 Å². The monoisotopic (exact) mass is 374 g/mol. The first kappa shape index (κ1) is 19.0. The summed E-state index contributed by atoms with van der Waals surface area (Å²) in [4.78, 5) is 12.2. The molecule has 2 aromatic rings. The van der Waals surface area contributed by atoms with Crippen molar-refractivity contribution in [3.05, 3.63) is 59.4 Å². The molecule has 7 heteroatoms. The minimum Gasteiger partial charge on any atom is -0.454 e. The van der Waals surface area contributed by atoms with Crippen LogP contribution >= 0.6 is 0 Å². The van der Waals surface area contributed by atoms with Crippen LogP contribution in [0.1, 0.15) is 11.1 Å². The maximum absolute atomic E-state index is 13.2. The second-order valence-corrected chi connectivity index (χ2v) is 6.31. The van der Waals surface area contributed by atoms with Gasteiger partial charge in [-0.05, 0) is 48.2 Å². The third-order valence-corrected chi connectivity index (χ3v) is 4.24. The number of rotatable bonds is 8. The number of carbonyl (C=O) groups excluding carboxylic acids is 1. The van der Waals surface area contributed by atoms with Gasteiger partial charge in [0.1, 0.15) is 5.82 Å². The largest absolute Gasteiger partial charge is 0.454 e. The Bertz CT molecular complexity index is 767. The zero-order valence-electron chi connectivity index (χ0n) is 15.2. The molecule has 0 saturated heterocycles. The molecule has 0 aromatic heterocycles. The van der Waals surface area contributed by atoms with E-state index in [-0.39, 0.29) is 24.7 Å². The normalized spacial score (nSPS) is 13.3. The minimum absolute atomic E-state index is 0.168. The van der Waals surface area contributed by atoms with Gasteiger partial charge in [0, 0.05) is 19.7 Å². The molecular formula is C20H23FN2O4. The van der Waals surface area contributed by atoms with Crippen LogP contribution in [0.4, 0.5) is 9.18 Å². The summed E-state index contributed by atoms with van der Waals surface area (Å²) in [6.45, 7) is 1.09. The van der Waals surface area contributed by atoms with Crippen molar-refractivity contribution in [2.75, 3.05) is 27.1 Å². The smallest absolute Gasteiger partial charge is 0.315 e. The molecule has 0 aliphatic carbocycles. The van der Waals surface area contributed by atoms with Crippen molar-refractivity contribution in [1.29, 1.82) is 0 Å². The van der Waals surface area contributed by atoms with Gasteiger partial charge in [0.2, 0.25) is 6.79 Å². The lowest BCUT2D eigenvalue weighted by Gasteiger charge is -2.20. The van der Waals surface area contributed by atoms with Gasteiger partial charge in [-0.15, -0.1) is 0 Å². The molecule has 6 nitrogen and oxygen atoms in total. The molecule has 0 saturated carbocycles. The predicted octanol–water partition coefficient (Wildman–Crippen LogP) is 2.65. The first-order chi connectivity index (χ1) is 13.1. The third-order valence-electron chi connectivity index (χ3n) is 4.24. The molecule has 1 atom stereocenters. The molecule has 0 spiro atoms. The molecule has 0 bridgehead atoms. The maximum atomic E-state index is 13.2.